The molecule has 0 aliphatic heterocycles. The van der Waals surface area contributed by atoms with Crippen LogP contribution in [0.2, 0.25) is 0 Å². The van der Waals surface area contributed by atoms with Crippen LogP contribution >= 0.6 is 11.3 Å². The number of rotatable bonds is 4. The fourth-order valence-corrected chi connectivity index (χ4v) is 2.16. The average Bonchev–Trinajstić information content (AvgIpc) is 2.73. The van der Waals surface area contributed by atoms with Gasteiger partial charge in [0, 0.05) is 30.0 Å². The van der Waals surface area contributed by atoms with Gasteiger partial charge in [0.05, 0.1) is 6.42 Å². The van der Waals surface area contributed by atoms with E-state index in [4.69, 9.17) is 0 Å². The number of nitrogens with zero attached hydrogens (tertiary/aromatic N) is 2. The molecule has 5 heteroatoms. The van der Waals surface area contributed by atoms with Gasteiger partial charge < -0.3 is 5.32 Å². The Morgan fingerprint density at radius 1 is 1.53 bits per heavy atom. The molecule has 0 unspecified atom stereocenters. The molecule has 2 aromatic heterocycles. The lowest BCUT2D eigenvalue weighted by Gasteiger charge is -2.03. The van der Waals surface area contributed by atoms with E-state index in [0.29, 0.717) is 13.0 Å². The van der Waals surface area contributed by atoms with E-state index in [1.54, 1.807) is 12.4 Å². The van der Waals surface area contributed by atoms with Crippen molar-refractivity contribution in [2.24, 2.45) is 0 Å². The molecule has 4 nitrogen and oxygen atoms in total. The first-order valence-electron chi connectivity index (χ1n) is 5.30. The molecule has 2 aromatic rings. The maximum Gasteiger partial charge on any atom is 0.227 e. The van der Waals surface area contributed by atoms with Crippen LogP contribution in [0.4, 0.5) is 0 Å². The summed E-state index contributed by atoms with van der Waals surface area (Å²) < 4.78 is 0. The minimum atomic E-state index is -0.0109. The molecule has 1 N–H and O–H groups in total. The van der Waals surface area contributed by atoms with Crippen molar-refractivity contribution in [1.29, 1.82) is 0 Å². The first-order chi connectivity index (χ1) is 8.24. The third-order valence-corrected chi connectivity index (χ3v) is 3.16. The molecule has 0 saturated carbocycles. The summed E-state index contributed by atoms with van der Waals surface area (Å²) in [6, 6.07) is 3.78. The topological polar surface area (TPSA) is 54.9 Å². The molecule has 0 saturated heterocycles. The summed E-state index contributed by atoms with van der Waals surface area (Å²) in [5.41, 5.74) is 1.96. The summed E-state index contributed by atoms with van der Waals surface area (Å²) in [7, 11) is 0. The summed E-state index contributed by atoms with van der Waals surface area (Å²) >= 11 is 1.52. The van der Waals surface area contributed by atoms with Gasteiger partial charge in [-0.3, -0.25) is 9.78 Å². The zero-order valence-corrected chi connectivity index (χ0v) is 10.3. The first-order valence-corrected chi connectivity index (χ1v) is 6.18. The van der Waals surface area contributed by atoms with Crippen molar-refractivity contribution in [3.8, 4) is 0 Å². The van der Waals surface area contributed by atoms with Crippen molar-refractivity contribution in [3.05, 3.63) is 46.2 Å². The molecule has 1 amide bonds. The lowest BCUT2D eigenvalue weighted by Crippen LogP contribution is -2.24. The lowest BCUT2D eigenvalue weighted by molar-refractivity contribution is -0.120. The Morgan fingerprint density at radius 2 is 2.41 bits per heavy atom. The predicted molar refractivity (Wildman–Crippen MR) is 66.6 cm³/mol. The number of amides is 1. The van der Waals surface area contributed by atoms with Crippen molar-refractivity contribution < 1.29 is 4.79 Å². The standard InChI is InChI=1S/C12H13N3OS/c1-9-8-17-12(15-9)5-11(16)14-7-10-3-2-4-13-6-10/h2-4,6,8H,5,7H2,1H3,(H,14,16). The van der Waals surface area contributed by atoms with Gasteiger partial charge in [-0.25, -0.2) is 4.98 Å². The molecule has 2 heterocycles. The van der Waals surface area contributed by atoms with Gasteiger partial charge in [-0.1, -0.05) is 6.07 Å². The summed E-state index contributed by atoms with van der Waals surface area (Å²) in [4.78, 5) is 19.9. The van der Waals surface area contributed by atoms with Gasteiger partial charge in [0.1, 0.15) is 5.01 Å². The molecule has 0 aliphatic carbocycles. The van der Waals surface area contributed by atoms with Crippen LogP contribution in [0.3, 0.4) is 0 Å². The van der Waals surface area contributed by atoms with E-state index in [1.807, 2.05) is 24.4 Å². The number of aromatic nitrogens is 2. The number of hydrogen-bond acceptors (Lipinski definition) is 4. The quantitative estimate of drug-likeness (QED) is 0.894. The zero-order chi connectivity index (χ0) is 12.1. The molecule has 0 fully saturated rings. The highest BCUT2D eigenvalue weighted by molar-refractivity contribution is 7.09. The number of nitrogens with one attached hydrogen (secondary N) is 1. The molecular weight excluding hydrogens is 234 g/mol. The maximum absolute atomic E-state index is 11.6. The molecule has 0 atom stereocenters. The predicted octanol–water partition coefficient (Wildman–Crippen LogP) is 1.71. The zero-order valence-electron chi connectivity index (χ0n) is 9.51. The summed E-state index contributed by atoms with van der Waals surface area (Å²) in [6.45, 7) is 2.44. The van der Waals surface area contributed by atoms with Crippen molar-refractivity contribution in [2.45, 2.75) is 19.9 Å². The van der Waals surface area contributed by atoms with Gasteiger partial charge in [0.25, 0.3) is 0 Å². The van der Waals surface area contributed by atoms with Gasteiger partial charge in [-0.15, -0.1) is 11.3 Å². The highest BCUT2D eigenvalue weighted by atomic mass is 32.1. The van der Waals surface area contributed by atoms with Crippen LogP contribution in [-0.2, 0) is 17.8 Å². The molecule has 0 bridgehead atoms. The van der Waals surface area contributed by atoms with E-state index in [-0.39, 0.29) is 5.91 Å². The summed E-state index contributed by atoms with van der Waals surface area (Å²) in [5.74, 6) is -0.0109. The average molecular weight is 247 g/mol. The summed E-state index contributed by atoms with van der Waals surface area (Å²) in [6.07, 6.45) is 3.80. The third kappa shape index (κ3) is 3.64. The van der Waals surface area contributed by atoms with Crippen LogP contribution in [0, 0.1) is 6.92 Å². The van der Waals surface area contributed by atoms with Gasteiger partial charge >= 0.3 is 0 Å². The third-order valence-electron chi connectivity index (χ3n) is 2.19. The smallest absolute Gasteiger partial charge is 0.227 e. The SMILES string of the molecule is Cc1csc(CC(=O)NCc2cccnc2)n1. The van der Waals surface area contributed by atoms with Gasteiger partial charge in [-0.2, -0.15) is 0 Å². The van der Waals surface area contributed by atoms with E-state index in [2.05, 4.69) is 15.3 Å². The van der Waals surface area contributed by atoms with Crippen LogP contribution in [0.1, 0.15) is 16.3 Å². The van der Waals surface area contributed by atoms with Gasteiger partial charge in [0.2, 0.25) is 5.91 Å². The lowest BCUT2D eigenvalue weighted by atomic mass is 10.3. The second-order valence-electron chi connectivity index (χ2n) is 3.70. The molecular formula is C12H13N3OS. The number of thiazole rings is 1. The molecule has 17 heavy (non-hydrogen) atoms. The van der Waals surface area contributed by atoms with Crippen LogP contribution in [0.5, 0.6) is 0 Å². The van der Waals surface area contributed by atoms with Crippen LogP contribution in [-0.4, -0.2) is 15.9 Å². The van der Waals surface area contributed by atoms with Crippen LogP contribution in [0.25, 0.3) is 0 Å². The van der Waals surface area contributed by atoms with Gasteiger partial charge in [-0.05, 0) is 18.6 Å². The number of carbonyl (C=O) groups excluding carboxylic acids is 1. The Bertz CT molecular complexity index is 495. The molecule has 88 valence electrons. The maximum atomic E-state index is 11.6. The number of pyridine rings is 1. The second-order valence-corrected chi connectivity index (χ2v) is 4.64. The Labute approximate surface area is 104 Å². The minimum absolute atomic E-state index is 0.0109. The second kappa shape index (κ2) is 5.54. The first kappa shape index (κ1) is 11.7. The van der Waals surface area contributed by atoms with Crippen molar-refractivity contribution >= 4 is 17.2 Å². The normalized spacial score (nSPS) is 10.2. The molecule has 0 spiro atoms. The van der Waals surface area contributed by atoms with E-state index < -0.39 is 0 Å². The van der Waals surface area contributed by atoms with Crippen molar-refractivity contribution in [3.63, 3.8) is 0 Å². The Kier molecular flexibility index (Phi) is 3.82. The fourth-order valence-electron chi connectivity index (χ4n) is 1.39. The fraction of sp³-hybridized carbons (Fsp3) is 0.250. The summed E-state index contributed by atoms with van der Waals surface area (Å²) in [5, 5.41) is 5.65. The van der Waals surface area contributed by atoms with Crippen molar-refractivity contribution in [2.75, 3.05) is 0 Å². The van der Waals surface area contributed by atoms with E-state index in [1.165, 1.54) is 11.3 Å². The number of hydrogen-bond donors (Lipinski definition) is 1. The Balaban J connectivity index is 1.82. The van der Waals surface area contributed by atoms with E-state index in [0.717, 1.165) is 16.3 Å². The molecule has 0 radical (unpaired) electrons. The Hall–Kier alpha value is -1.75. The molecule has 0 aliphatic rings. The largest absolute Gasteiger partial charge is 0.352 e. The van der Waals surface area contributed by atoms with Crippen molar-refractivity contribution in [1.82, 2.24) is 15.3 Å². The molecule has 0 aromatic carbocycles. The van der Waals surface area contributed by atoms with E-state index in [9.17, 15) is 4.79 Å². The number of carbonyl (C=O) groups is 1. The van der Waals surface area contributed by atoms with Crippen LogP contribution in [0.15, 0.2) is 29.9 Å². The number of aryl methyl sites for hydroxylation is 1. The van der Waals surface area contributed by atoms with Crippen LogP contribution < -0.4 is 5.32 Å². The monoisotopic (exact) mass is 247 g/mol. The highest BCUT2D eigenvalue weighted by Crippen LogP contribution is 2.09. The van der Waals surface area contributed by atoms with E-state index >= 15 is 0 Å². The Morgan fingerprint density at radius 3 is 3.06 bits per heavy atom. The highest BCUT2D eigenvalue weighted by Gasteiger charge is 2.06. The molecule has 2 rings (SSSR count). The minimum Gasteiger partial charge on any atom is -0.352 e. The van der Waals surface area contributed by atoms with Gasteiger partial charge in [0.15, 0.2) is 0 Å².